The molecule has 0 atom stereocenters. The Balaban J connectivity index is 1.86. The van der Waals surface area contributed by atoms with Crippen molar-refractivity contribution in [1.29, 1.82) is 0 Å². The zero-order valence-electron chi connectivity index (χ0n) is 12.6. The third-order valence-corrected chi connectivity index (χ3v) is 3.92. The molecule has 0 heterocycles. The normalized spacial score (nSPS) is 10.8. The molecule has 0 unspecified atom stereocenters. The minimum Gasteiger partial charge on any atom is -0.261 e. The third kappa shape index (κ3) is 4.54. The Labute approximate surface area is 145 Å². The molecule has 23 heavy (non-hydrogen) atoms. The summed E-state index contributed by atoms with van der Waals surface area (Å²) in [7, 11) is 0. The van der Waals surface area contributed by atoms with Gasteiger partial charge in [0.1, 0.15) is 0 Å². The molecular weight excluding hydrogens is 348 g/mol. The standard InChI is InChI=1S/C20H17BrN2/c21-19-11-7-10-18(14-19)15-22-23(20-12-5-2-6-13-20)16-17-8-3-1-4-9-17/h1-15H,16H2. The first-order valence-corrected chi connectivity index (χ1v) is 8.26. The lowest BCUT2D eigenvalue weighted by Gasteiger charge is -2.19. The molecule has 0 bridgehead atoms. The summed E-state index contributed by atoms with van der Waals surface area (Å²) in [6, 6.07) is 28.7. The highest BCUT2D eigenvalue weighted by atomic mass is 79.9. The van der Waals surface area contributed by atoms with Crippen molar-refractivity contribution in [1.82, 2.24) is 0 Å². The molecule has 3 aromatic carbocycles. The molecule has 0 aliphatic heterocycles. The molecule has 0 saturated carbocycles. The molecule has 3 aromatic rings. The van der Waals surface area contributed by atoms with Crippen molar-refractivity contribution in [2.24, 2.45) is 5.10 Å². The minimum absolute atomic E-state index is 0.732. The van der Waals surface area contributed by atoms with E-state index in [9.17, 15) is 0 Å². The van der Waals surface area contributed by atoms with E-state index in [1.165, 1.54) is 5.56 Å². The summed E-state index contributed by atoms with van der Waals surface area (Å²) in [4.78, 5) is 0. The molecule has 0 aromatic heterocycles. The van der Waals surface area contributed by atoms with Crippen molar-refractivity contribution >= 4 is 27.8 Å². The molecule has 0 aliphatic rings. The Morgan fingerprint density at radius 3 is 2.22 bits per heavy atom. The molecule has 0 spiro atoms. The van der Waals surface area contributed by atoms with Gasteiger partial charge in [0.05, 0.1) is 18.4 Å². The van der Waals surface area contributed by atoms with Crippen LogP contribution in [0.4, 0.5) is 5.69 Å². The minimum atomic E-state index is 0.732. The molecule has 0 amide bonds. The fourth-order valence-corrected chi connectivity index (χ4v) is 2.70. The Kier molecular flexibility index (Phi) is 5.22. The molecule has 114 valence electrons. The first-order valence-electron chi connectivity index (χ1n) is 7.47. The largest absolute Gasteiger partial charge is 0.261 e. The molecule has 3 rings (SSSR count). The van der Waals surface area contributed by atoms with Crippen LogP contribution >= 0.6 is 15.9 Å². The van der Waals surface area contributed by atoms with Crippen molar-refractivity contribution in [3.8, 4) is 0 Å². The summed E-state index contributed by atoms with van der Waals surface area (Å²) in [6.07, 6.45) is 1.89. The van der Waals surface area contributed by atoms with Crippen molar-refractivity contribution in [2.45, 2.75) is 6.54 Å². The number of anilines is 1. The van der Waals surface area contributed by atoms with E-state index in [0.29, 0.717) is 0 Å². The van der Waals surface area contributed by atoms with Gasteiger partial charge in [-0.15, -0.1) is 0 Å². The first-order chi connectivity index (χ1) is 11.3. The predicted octanol–water partition coefficient (Wildman–Crippen LogP) is 5.49. The summed E-state index contributed by atoms with van der Waals surface area (Å²) in [5.41, 5.74) is 3.36. The molecule has 0 N–H and O–H groups in total. The maximum absolute atomic E-state index is 4.69. The van der Waals surface area contributed by atoms with Gasteiger partial charge in [0.25, 0.3) is 0 Å². The van der Waals surface area contributed by atoms with Crippen LogP contribution in [0.3, 0.4) is 0 Å². The van der Waals surface area contributed by atoms with E-state index in [-0.39, 0.29) is 0 Å². The summed E-state index contributed by atoms with van der Waals surface area (Å²) >= 11 is 3.49. The Bertz CT molecular complexity index is 770. The second kappa shape index (κ2) is 7.75. The van der Waals surface area contributed by atoms with Crippen LogP contribution in [0.2, 0.25) is 0 Å². The highest BCUT2D eigenvalue weighted by Crippen LogP contribution is 2.17. The Hall–Kier alpha value is -2.39. The highest BCUT2D eigenvalue weighted by Gasteiger charge is 2.05. The first kappa shape index (κ1) is 15.5. The molecule has 2 nitrogen and oxygen atoms in total. The zero-order chi connectivity index (χ0) is 15.9. The van der Waals surface area contributed by atoms with Crippen LogP contribution in [0.15, 0.2) is 94.5 Å². The molecule has 0 aliphatic carbocycles. The van der Waals surface area contributed by atoms with E-state index < -0.39 is 0 Å². The lowest BCUT2D eigenvalue weighted by Crippen LogP contribution is -2.15. The van der Waals surface area contributed by atoms with Crippen molar-refractivity contribution < 1.29 is 0 Å². The van der Waals surface area contributed by atoms with Gasteiger partial charge in [-0.1, -0.05) is 76.6 Å². The van der Waals surface area contributed by atoms with Gasteiger partial charge < -0.3 is 0 Å². The summed E-state index contributed by atoms with van der Waals surface area (Å²) in [5.74, 6) is 0. The van der Waals surface area contributed by atoms with Gasteiger partial charge >= 0.3 is 0 Å². The molecule has 3 heteroatoms. The SMILES string of the molecule is Brc1cccc(C=NN(Cc2ccccc2)c2ccccc2)c1. The van der Waals surface area contributed by atoms with Gasteiger partial charge in [-0.05, 0) is 35.4 Å². The summed E-state index contributed by atoms with van der Waals surface area (Å²) < 4.78 is 1.05. The maximum Gasteiger partial charge on any atom is 0.0666 e. The number of nitrogens with zero attached hydrogens (tertiary/aromatic N) is 2. The van der Waals surface area contributed by atoms with Gasteiger partial charge in [-0.3, -0.25) is 5.01 Å². The number of hydrogen-bond acceptors (Lipinski definition) is 2. The fraction of sp³-hybridized carbons (Fsp3) is 0.0500. The quantitative estimate of drug-likeness (QED) is 0.431. The van der Waals surface area contributed by atoms with Gasteiger partial charge in [-0.2, -0.15) is 5.10 Å². The number of hydrogen-bond donors (Lipinski definition) is 0. The lowest BCUT2D eigenvalue weighted by atomic mass is 10.2. The van der Waals surface area contributed by atoms with Crippen LogP contribution in [0.25, 0.3) is 0 Å². The third-order valence-electron chi connectivity index (χ3n) is 3.42. The fourth-order valence-electron chi connectivity index (χ4n) is 2.28. The van der Waals surface area contributed by atoms with Gasteiger partial charge in [0.15, 0.2) is 0 Å². The Morgan fingerprint density at radius 1 is 0.826 bits per heavy atom. The van der Waals surface area contributed by atoms with Crippen molar-refractivity contribution in [3.05, 3.63) is 101 Å². The van der Waals surface area contributed by atoms with E-state index in [1.54, 1.807) is 0 Å². The number of benzene rings is 3. The number of para-hydroxylation sites is 1. The van der Waals surface area contributed by atoms with Gasteiger partial charge in [0.2, 0.25) is 0 Å². The maximum atomic E-state index is 4.69. The summed E-state index contributed by atoms with van der Waals surface area (Å²) in [5, 5.41) is 6.70. The van der Waals surface area contributed by atoms with Crippen molar-refractivity contribution in [3.63, 3.8) is 0 Å². The number of hydrazone groups is 1. The topological polar surface area (TPSA) is 15.6 Å². The van der Waals surface area contributed by atoms with Crippen LogP contribution in [0.5, 0.6) is 0 Å². The van der Waals surface area contributed by atoms with Gasteiger partial charge in [0, 0.05) is 4.47 Å². The molecule has 0 fully saturated rings. The second-order valence-electron chi connectivity index (χ2n) is 5.18. The van der Waals surface area contributed by atoms with E-state index in [2.05, 4.69) is 63.5 Å². The van der Waals surface area contributed by atoms with Crippen LogP contribution in [0.1, 0.15) is 11.1 Å². The second-order valence-corrected chi connectivity index (χ2v) is 6.09. The van der Waals surface area contributed by atoms with Crippen LogP contribution < -0.4 is 5.01 Å². The van der Waals surface area contributed by atoms with Gasteiger partial charge in [-0.25, -0.2) is 0 Å². The van der Waals surface area contributed by atoms with E-state index in [1.807, 2.05) is 53.7 Å². The number of halogens is 1. The smallest absolute Gasteiger partial charge is 0.0666 e. The van der Waals surface area contributed by atoms with Crippen molar-refractivity contribution in [2.75, 3.05) is 5.01 Å². The van der Waals surface area contributed by atoms with Crippen LogP contribution in [0, 0.1) is 0 Å². The predicted molar refractivity (Wildman–Crippen MR) is 101 cm³/mol. The molecule has 0 saturated heterocycles. The van der Waals surface area contributed by atoms with E-state index >= 15 is 0 Å². The summed E-state index contributed by atoms with van der Waals surface area (Å²) in [6.45, 7) is 0.732. The zero-order valence-corrected chi connectivity index (χ0v) is 14.2. The Morgan fingerprint density at radius 2 is 1.52 bits per heavy atom. The van der Waals surface area contributed by atoms with E-state index in [4.69, 9.17) is 0 Å². The number of rotatable bonds is 5. The average molecular weight is 365 g/mol. The monoisotopic (exact) mass is 364 g/mol. The average Bonchev–Trinajstić information content (AvgIpc) is 2.60. The molecular formula is C20H17BrN2. The highest BCUT2D eigenvalue weighted by molar-refractivity contribution is 9.10. The van der Waals surface area contributed by atoms with E-state index in [0.717, 1.165) is 22.3 Å². The van der Waals surface area contributed by atoms with Crippen LogP contribution in [-0.4, -0.2) is 6.21 Å². The lowest BCUT2D eigenvalue weighted by molar-refractivity contribution is 0.858. The molecule has 0 radical (unpaired) electrons. The van der Waals surface area contributed by atoms with Crippen LogP contribution in [-0.2, 0) is 6.54 Å².